The van der Waals surface area contributed by atoms with Gasteiger partial charge in [-0.1, -0.05) is 25.1 Å². The molecule has 5 rings (SSSR count). The topological polar surface area (TPSA) is 88.0 Å². The van der Waals surface area contributed by atoms with E-state index in [1.54, 1.807) is 11.7 Å². The summed E-state index contributed by atoms with van der Waals surface area (Å²) in [5, 5.41) is 17.6. The Morgan fingerprint density at radius 1 is 1.18 bits per heavy atom. The highest BCUT2D eigenvalue weighted by atomic mass is 32.1. The van der Waals surface area contributed by atoms with Gasteiger partial charge >= 0.3 is 0 Å². The Labute approximate surface area is 165 Å². The smallest absolute Gasteiger partial charge is 0.219 e. The van der Waals surface area contributed by atoms with Crippen LogP contribution in [-0.2, 0) is 10.4 Å². The van der Waals surface area contributed by atoms with E-state index in [9.17, 15) is 9.90 Å². The van der Waals surface area contributed by atoms with Gasteiger partial charge in [-0.15, -0.1) is 11.3 Å². The summed E-state index contributed by atoms with van der Waals surface area (Å²) < 4.78 is 0. The molecule has 4 aromatic rings. The Bertz CT molecular complexity index is 1240. The average molecular weight is 390 g/mol. The van der Waals surface area contributed by atoms with Crippen LogP contribution < -0.4 is 5.32 Å². The number of fused-ring (bicyclic) bond motifs is 4. The van der Waals surface area contributed by atoms with Gasteiger partial charge in [0.15, 0.2) is 0 Å². The molecular formula is C21H18N4O2S. The molecule has 6 nitrogen and oxygen atoms in total. The zero-order valence-corrected chi connectivity index (χ0v) is 16.1. The Kier molecular flexibility index (Phi) is 3.89. The second-order valence-electron chi connectivity index (χ2n) is 6.90. The molecule has 0 spiro atoms. The lowest BCUT2D eigenvalue weighted by Gasteiger charge is -2.32. The summed E-state index contributed by atoms with van der Waals surface area (Å²) in [5.74, 6) is -0.0392. The molecule has 0 saturated carbocycles. The summed E-state index contributed by atoms with van der Waals surface area (Å²) in [6.45, 7) is 2.16. The van der Waals surface area contributed by atoms with Crippen LogP contribution in [0.2, 0.25) is 0 Å². The van der Waals surface area contributed by atoms with E-state index < -0.39 is 5.60 Å². The SMILES string of the molecule is CCC(=O)NCC[C@]1(O)c2scnc2-c2nccc3c2c1nc1ccccc13. The average Bonchev–Trinajstić information content (AvgIpc) is 3.23. The summed E-state index contributed by atoms with van der Waals surface area (Å²) in [6.07, 6.45) is 2.51. The van der Waals surface area contributed by atoms with Crippen molar-refractivity contribution in [2.45, 2.75) is 25.4 Å². The van der Waals surface area contributed by atoms with Crippen molar-refractivity contribution in [2.75, 3.05) is 6.54 Å². The minimum atomic E-state index is -1.32. The number of amides is 1. The highest BCUT2D eigenvalue weighted by Gasteiger charge is 2.43. The second-order valence-corrected chi connectivity index (χ2v) is 7.76. The predicted molar refractivity (Wildman–Crippen MR) is 109 cm³/mol. The zero-order chi connectivity index (χ0) is 19.3. The number of aliphatic hydroxyl groups is 1. The van der Waals surface area contributed by atoms with Crippen molar-refractivity contribution in [3.05, 3.63) is 52.6 Å². The fourth-order valence-corrected chi connectivity index (χ4v) is 4.85. The molecule has 0 fully saturated rings. The van der Waals surface area contributed by atoms with E-state index in [4.69, 9.17) is 4.98 Å². The molecule has 0 unspecified atom stereocenters. The van der Waals surface area contributed by atoms with Gasteiger partial charge in [-0.05, 0) is 17.5 Å². The number of pyridine rings is 2. The molecule has 3 heterocycles. The summed E-state index contributed by atoms with van der Waals surface area (Å²) in [5.41, 5.74) is 3.27. The van der Waals surface area contributed by atoms with Crippen molar-refractivity contribution in [1.82, 2.24) is 20.3 Å². The molecule has 1 amide bonds. The van der Waals surface area contributed by atoms with E-state index in [0.29, 0.717) is 30.8 Å². The largest absolute Gasteiger partial charge is 0.378 e. The van der Waals surface area contributed by atoms with Gasteiger partial charge in [0.1, 0.15) is 11.3 Å². The first kappa shape index (κ1) is 17.2. The normalized spacial score (nSPS) is 17.6. The predicted octanol–water partition coefficient (Wildman–Crippen LogP) is 3.37. The first-order valence-electron chi connectivity index (χ1n) is 9.25. The number of nitrogens with one attached hydrogen (secondary N) is 1. The molecule has 140 valence electrons. The Balaban J connectivity index is 1.78. The molecule has 1 atom stereocenters. The Morgan fingerprint density at radius 3 is 2.89 bits per heavy atom. The quantitative estimate of drug-likeness (QED) is 0.522. The number of aromatic nitrogens is 3. The van der Waals surface area contributed by atoms with Crippen LogP contribution in [0.15, 0.2) is 42.0 Å². The van der Waals surface area contributed by atoms with Gasteiger partial charge in [-0.3, -0.25) is 9.78 Å². The highest BCUT2D eigenvalue weighted by molar-refractivity contribution is 7.10. The lowest BCUT2D eigenvalue weighted by Crippen LogP contribution is -2.36. The lowest BCUT2D eigenvalue weighted by molar-refractivity contribution is -0.120. The van der Waals surface area contributed by atoms with Gasteiger partial charge in [-0.25, -0.2) is 9.97 Å². The van der Waals surface area contributed by atoms with Gasteiger partial charge < -0.3 is 10.4 Å². The maximum Gasteiger partial charge on any atom is 0.219 e. The zero-order valence-electron chi connectivity index (χ0n) is 15.3. The molecule has 1 aromatic carbocycles. The number of benzene rings is 1. The maximum atomic E-state index is 11.8. The van der Waals surface area contributed by atoms with Gasteiger partial charge in [0.05, 0.1) is 27.3 Å². The van der Waals surface area contributed by atoms with E-state index in [-0.39, 0.29) is 5.91 Å². The summed E-state index contributed by atoms with van der Waals surface area (Å²) in [4.78, 5) is 26.3. The first-order valence-corrected chi connectivity index (χ1v) is 10.1. The van der Waals surface area contributed by atoms with Crippen molar-refractivity contribution in [3.63, 3.8) is 0 Å². The molecule has 0 radical (unpaired) electrons. The number of hydrogen-bond acceptors (Lipinski definition) is 6. The third-order valence-electron chi connectivity index (χ3n) is 5.30. The second kappa shape index (κ2) is 6.32. The number of hydrogen-bond donors (Lipinski definition) is 2. The van der Waals surface area contributed by atoms with Crippen LogP contribution in [0.4, 0.5) is 0 Å². The van der Waals surface area contributed by atoms with Gasteiger partial charge in [0, 0.05) is 36.4 Å². The van der Waals surface area contributed by atoms with Crippen LogP contribution >= 0.6 is 11.3 Å². The molecular weight excluding hydrogens is 372 g/mol. The van der Waals surface area contributed by atoms with Gasteiger partial charge in [0.25, 0.3) is 0 Å². The van der Waals surface area contributed by atoms with Crippen molar-refractivity contribution in [1.29, 1.82) is 0 Å². The third-order valence-corrected chi connectivity index (χ3v) is 6.28. The van der Waals surface area contributed by atoms with Crippen molar-refractivity contribution < 1.29 is 9.90 Å². The molecule has 0 aliphatic heterocycles. The molecule has 0 saturated heterocycles. The van der Waals surface area contributed by atoms with Crippen molar-refractivity contribution in [2.24, 2.45) is 0 Å². The first-order chi connectivity index (χ1) is 13.6. The van der Waals surface area contributed by atoms with E-state index in [1.807, 2.05) is 37.3 Å². The third kappa shape index (κ3) is 2.36. The summed E-state index contributed by atoms with van der Waals surface area (Å²) in [7, 11) is 0. The standard InChI is InChI=1S/C21H18N4O2S/c1-2-15(26)22-10-8-21(27)19-16-13(12-5-3-4-6-14(12)25-19)7-9-23-17(16)18-20(21)28-11-24-18/h3-7,9,11,27H,2,8,10H2,1H3,(H,22,26)/t21-/m1/s1. The fraction of sp³-hybridized carbons (Fsp3) is 0.238. The highest BCUT2D eigenvalue weighted by Crippen LogP contribution is 2.49. The van der Waals surface area contributed by atoms with E-state index in [0.717, 1.165) is 32.2 Å². The van der Waals surface area contributed by atoms with Crippen molar-refractivity contribution >= 4 is 38.9 Å². The van der Waals surface area contributed by atoms with E-state index in [1.165, 1.54) is 11.3 Å². The summed E-state index contributed by atoms with van der Waals surface area (Å²) >= 11 is 1.40. The number of para-hydroxylation sites is 1. The van der Waals surface area contributed by atoms with Crippen LogP contribution in [0, 0.1) is 0 Å². The molecule has 28 heavy (non-hydrogen) atoms. The van der Waals surface area contributed by atoms with Crippen LogP contribution in [-0.4, -0.2) is 32.5 Å². The molecule has 0 bridgehead atoms. The minimum absolute atomic E-state index is 0.0392. The van der Waals surface area contributed by atoms with Crippen LogP contribution in [0.5, 0.6) is 0 Å². The summed E-state index contributed by atoms with van der Waals surface area (Å²) in [6, 6.07) is 9.87. The molecule has 2 N–H and O–H groups in total. The molecule has 1 aliphatic carbocycles. The molecule has 1 aliphatic rings. The number of rotatable bonds is 4. The van der Waals surface area contributed by atoms with Crippen LogP contribution in [0.3, 0.4) is 0 Å². The van der Waals surface area contributed by atoms with E-state index in [2.05, 4.69) is 15.3 Å². The minimum Gasteiger partial charge on any atom is -0.378 e. The number of thiazole rings is 1. The van der Waals surface area contributed by atoms with Gasteiger partial charge in [-0.2, -0.15) is 0 Å². The molecule has 3 aromatic heterocycles. The van der Waals surface area contributed by atoms with Gasteiger partial charge in [0.2, 0.25) is 5.91 Å². The Morgan fingerprint density at radius 2 is 2.04 bits per heavy atom. The number of carbonyl (C=O) groups excluding carboxylic acids is 1. The monoisotopic (exact) mass is 390 g/mol. The van der Waals surface area contributed by atoms with E-state index >= 15 is 0 Å². The maximum absolute atomic E-state index is 11.8. The Hall–Kier alpha value is -2.90. The van der Waals surface area contributed by atoms with Crippen molar-refractivity contribution in [3.8, 4) is 11.4 Å². The van der Waals surface area contributed by atoms with Crippen LogP contribution in [0.25, 0.3) is 33.1 Å². The lowest BCUT2D eigenvalue weighted by atomic mass is 9.82. The fourth-order valence-electron chi connectivity index (χ4n) is 3.94. The number of nitrogens with zero attached hydrogens (tertiary/aromatic N) is 3. The molecule has 7 heteroatoms. The number of carbonyl (C=O) groups is 1. The van der Waals surface area contributed by atoms with Crippen LogP contribution in [0.1, 0.15) is 30.3 Å².